The molecule has 0 aliphatic rings. The van der Waals surface area contributed by atoms with Crippen molar-refractivity contribution in [3.05, 3.63) is 71.8 Å². The van der Waals surface area contributed by atoms with Crippen molar-refractivity contribution in [1.82, 2.24) is 0 Å². The minimum atomic E-state index is -1.51. The SMILES string of the molecule is CCOC(=O)C(CC(=O)c1ccccc1)(Cc1ccccc1)C(C)=O. The average molecular weight is 338 g/mol. The number of carbonyl (C=O) groups is 3. The Morgan fingerprint density at radius 1 is 0.920 bits per heavy atom. The molecule has 0 N–H and O–H groups in total. The summed E-state index contributed by atoms with van der Waals surface area (Å²) < 4.78 is 5.17. The zero-order chi connectivity index (χ0) is 18.3. The quantitative estimate of drug-likeness (QED) is 0.419. The third kappa shape index (κ3) is 4.41. The van der Waals surface area contributed by atoms with Crippen LogP contribution in [0.3, 0.4) is 0 Å². The van der Waals surface area contributed by atoms with E-state index in [4.69, 9.17) is 4.74 Å². The zero-order valence-corrected chi connectivity index (χ0v) is 14.5. The van der Waals surface area contributed by atoms with E-state index >= 15 is 0 Å². The van der Waals surface area contributed by atoms with Crippen LogP contribution < -0.4 is 0 Å². The molecule has 0 saturated heterocycles. The lowest BCUT2D eigenvalue weighted by Gasteiger charge is -2.28. The van der Waals surface area contributed by atoms with Gasteiger partial charge in [-0.1, -0.05) is 60.7 Å². The van der Waals surface area contributed by atoms with Crippen LogP contribution in [0, 0.1) is 5.41 Å². The molecule has 0 radical (unpaired) electrons. The summed E-state index contributed by atoms with van der Waals surface area (Å²) in [7, 11) is 0. The largest absolute Gasteiger partial charge is 0.465 e. The molecule has 2 aromatic carbocycles. The van der Waals surface area contributed by atoms with Crippen molar-refractivity contribution in [3.8, 4) is 0 Å². The summed E-state index contributed by atoms with van der Waals surface area (Å²) in [6, 6.07) is 17.9. The van der Waals surface area contributed by atoms with Gasteiger partial charge in [-0.2, -0.15) is 0 Å². The van der Waals surface area contributed by atoms with Gasteiger partial charge in [-0.3, -0.25) is 14.4 Å². The van der Waals surface area contributed by atoms with Crippen LogP contribution in [-0.2, 0) is 20.7 Å². The van der Waals surface area contributed by atoms with Gasteiger partial charge in [0.1, 0.15) is 11.2 Å². The lowest BCUT2D eigenvalue weighted by Crippen LogP contribution is -2.43. The van der Waals surface area contributed by atoms with E-state index in [1.165, 1.54) is 6.92 Å². The first-order valence-corrected chi connectivity index (χ1v) is 8.30. The summed E-state index contributed by atoms with van der Waals surface area (Å²) in [5.74, 6) is -1.26. The second-order valence-electron chi connectivity index (χ2n) is 5.99. The molecule has 2 rings (SSSR count). The van der Waals surface area contributed by atoms with Crippen molar-refractivity contribution in [2.75, 3.05) is 6.61 Å². The van der Waals surface area contributed by atoms with E-state index in [1.807, 2.05) is 36.4 Å². The maximum absolute atomic E-state index is 12.7. The van der Waals surface area contributed by atoms with Crippen LogP contribution in [0.25, 0.3) is 0 Å². The Morgan fingerprint density at radius 3 is 2.00 bits per heavy atom. The molecule has 0 spiro atoms. The maximum Gasteiger partial charge on any atom is 0.320 e. The van der Waals surface area contributed by atoms with Crippen LogP contribution in [0.5, 0.6) is 0 Å². The molecule has 1 unspecified atom stereocenters. The molecule has 4 heteroatoms. The van der Waals surface area contributed by atoms with Crippen LogP contribution >= 0.6 is 0 Å². The number of hydrogen-bond donors (Lipinski definition) is 0. The van der Waals surface area contributed by atoms with Gasteiger partial charge in [0.15, 0.2) is 5.78 Å². The summed E-state index contributed by atoms with van der Waals surface area (Å²) in [5.41, 5.74) is -0.221. The fraction of sp³-hybridized carbons (Fsp3) is 0.286. The van der Waals surface area contributed by atoms with Gasteiger partial charge in [0.25, 0.3) is 0 Å². The first kappa shape index (κ1) is 18.6. The number of esters is 1. The summed E-state index contributed by atoms with van der Waals surface area (Å²) in [6.07, 6.45) is -0.0688. The van der Waals surface area contributed by atoms with Crippen LogP contribution in [0.4, 0.5) is 0 Å². The molecule has 0 saturated carbocycles. The van der Waals surface area contributed by atoms with Crippen LogP contribution in [0.1, 0.15) is 36.2 Å². The number of ether oxygens (including phenoxy) is 1. The van der Waals surface area contributed by atoms with Gasteiger partial charge in [0.05, 0.1) is 6.61 Å². The highest BCUT2D eigenvalue weighted by Gasteiger charge is 2.46. The third-order valence-corrected chi connectivity index (χ3v) is 4.25. The second kappa shape index (κ2) is 8.38. The normalized spacial score (nSPS) is 12.9. The molecule has 2 aromatic rings. The molecule has 0 aliphatic heterocycles. The lowest BCUT2D eigenvalue weighted by atomic mass is 9.73. The predicted molar refractivity (Wildman–Crippen MR) is 95.3 cm³/mol. The third-order valence-electron chi connectivity index (χ3n) is 4.25. The van der Waals surface area contributed by atoms with Gasteiger partial charge < -0.3 is 4.74 Å². The Morgan fingerprint density at radius 2 is 1.48 bits per heavy atom. The Hall–Kier alpha value is -2.75. The number of Topliss-reactive ketones (excluding diaryl/α,β-unsaturated/α-hetero) is 2. The molecule has 1 atom stereocenters. The van der Waals surface area contributed by atoms with Gasteiger partial charge in [-0.15, -0.1) is 0 Å². The Balaban J connectivity index is 2.40. The predicted octanol–water partition coefficient (Wildman–Crippen LogP) is 3.64. The van der Waals surface area contributed by atoms with Crippen molar-refractivity contribution in [3.63, 3.8) is 0 Å². The van der Waals surface area contributed by atoms with Crippen molar-refractivity contribution in [2.45, 2.75) is 26.7 Å². The fourth-order valence-electron chi connectivity index (χ4n) is 2.81. The Labute approximate surface area is 147 Å². The standard InChI is InChI=1S/C21H22O4/c1-3-25-20(24)21(16(2)22,14-17-10-6-4-7-11-17)15-19(23)18-12-8-5-9-13-18/h4-13H,3,14-15H2,1-2H3. The van der Waals surface area contributed by atoms with Crippen LogP contribution in [-0.4, -0.2) is 24.1 Å². The number of hydrogen-bond acceptors (Lipinski definition) is 4. The van der Waals surface area contributed by atoms with Gasteiger partial charge >= 0.3 is 5.97 Å². The van der Waals surface area contributed by atoms with Crippen molar-refractivity contribution < 1.29 is 19.1 Å². The fourth-order valence-corrected chi connectivity index (χ4v) is 2.81. The highest BCUT2D eigenvalue weighted by molar-refractivity contribution is 6.09. The number of benzene rings is 2. The van der Waals surface area contributed by atoms with Gasteiger partial charge in [-0.05, 0) is 25.8 Å². The second-order valence-corrected chi connectivity index (χ2v) is 5.99. The molecule has 0 aliphatic carbocycles. The number of carbonyl (C=O) groups excluding carboxylic acids is 3. The topological polar surface area (TPSA) is 60.4 Å². The molecular weight excluding hydrogens is 316 g/mol. The smallest absolute Gasteiger partial charge is 0.320 e. The van der Waals surface area contributed by atoms with Gasteiger partial charge in [0.2, 0.25) is 0 Å². The van der Waals surface area contributed by atoms with Crippen molar-refractivity contribution in [1.29, 1.82) is 0 Å². The Bertz CT molecular complexity index is 737. The van der Waals surface area contributed by atoms with Crippen LogP contribution in [0.2, 0.25) is 0 Å². The lowest BCUT2D eigenvalue weighted by molar-refractivity contribution is -0.159. The molecule has 0 aromatic heterocycles. The zero-order valence-electron chi connectivity index (χ0n) is 14.5. The molecule has 0 amide bonds. The van der Waals surface area contributed by atoms with Crippen LogP contribution in [0.15, 0.2) is 60.7 Å². The average Bonchev–Trinajstić information content (AvgIpc) is 2.62. The summed E-state index contributed by atoms with van der Waals surface area (Å²) in [6.45, 7) is 3.19. The molecule has 4 nitrogen and oxygen atoms in total. The van der Waals surface area contributed by atoms with E-state index in [9.17, 15) is 14.4 Å². The van der Waals surface area contributed by atoms with Gasteiger partial charge in [-0.25, -0.2) is 0 Å². The maximum atomic E-state index is 12.7. The monoisotopic (exact) mass is 338 g/mol. The van der Waals surface area contributed by atoms with Crippen molar-refractivity contribution in [2.24, 2.45) is 5.41 Å². The summed E-state index contributed by atoms with van der Waals surface area (Å²) >= 11 is 0. The van der Waals surface area contributed by atoms with E-state index in [1.54, 1.807) is 31.2 Å². The van der Waals surface area contributed by atoms with E-state index < -0.39 is 11.4 Å². The number of ketones is 2. The van der Waals surface area contributed by atoms with E-state index in [2.05, 4.69) is 0 Å². The summed E-state index contributed by atoms with van der Waals surface area (Å²) in [5, 5.41) is 0. The molecule has 0 bridgehead atoms. The van der Waals surface area contributed by atoms with Crippen molar-refractivity contribution >= 4 is 17.5 Å². The molecule has 0 heterocycles. The van der Waals surface area contributed by atoms with Gasteiger partial charge in [0, 0.05) is 12.0 Å². The van der Waals surface area contributed by atoms with E-state index in [0.29, 0.717) is 5.56 Å². The first-order chi connectivity index (χ1) is 12.0. The highest BCUT2D eigenvalue weighted by Crippen LogP contribution is 2.32. The molecule has 25 heavy (non-hydrogen) atoms. The summed E-state index contributed by atoms with van der Waals surface area (Å²) in [4.78, 5) is 37.9. The minimum Gasteiger partial charge on any atom is -0.465 e. The molecule has 0 fully saturated rings. The van der Waals surface area contributed by atoms with E-state index in [0.717, 1.165) is 5.56 Å². The molecule has 130 valence electrons. The molecular formula is C21H22O4. The number of rotatable bonds is 8. The van der Waals surface area contributed by atoms with E-state index in [-0.39, 0.29) is 31.0 Å². The minimum absolute atomic E-state index is 0.139. The Kier molecular flexibility index (Phi) is 6.23. The highest BCUT2D eigenvalue weighted by atomic mass is 16.5. The first-order valence-electron chi connectivity index (χ1n) is 8.30.